The number of hydrogen-bond donors (Lipinski definition) is 2. The summed E-state index contributed by atoms with van der Waals surface area (Å²) in [6.45, 7) is 6.48. The number of benzene rings is 2. The fraction of sp³-hybridized carbons (Fsp3) is 0.316. The molecule has 0 saturated heterocycles. The van der Waals surface area contributed by atoms with Gasteiger partial charge in [-0.1, -0.05) is 48.0 Å². The van der Waals surface area contributed by atoms with Crippen molar-refractivity contribution in [3.05, 3.63) is 70.2 Å². The maximum atomic E-state index is 12.3. The quantitative estimate of drug-likeness (QED) is 0.840. The molecule has 4 heteroatoms. The zero-order valence-corrected chi connectivity index (χ0v) is 14.5. The van der Waals surface area contributed by atoms with E-state index >= 15 is 0 Å². The highest BCUT2D eigenvalue weighted by atomic mass is 35.5. The van der Waals surface area contributed by atoms with Gasteiger partial charge in [0.05, 0.1) is 6.04 Å². The Morgan fingerprint density at radius 3 is 2.57 bits per heavy atom. The molecule has 2 atom stereocenters. The Bertz CT molecular complexity index is 672. The van der Waals surface area contributed by atoms with Crippen molar-refractivity contribution in [1.82, 2.24) is 10.6 Å². The summed E-state index contributed by atoms with van der Waals surface area (Å²) in [5.41, 5.74) is 3.38. The molecule has 0 aromatic heterocycles. The first-order valence-corrected chi connectivity index (χ1v) is 8.19. The van der Waals surface area contributed by atoms with Crippen LogP contribution < -0.4 is 10.6 Å². The van der Waals surface area contributed by atoms with Crippen molar-refractivity contribution in [2.45, 2.75) is 39.4 Å². The highest BCUT2D eigenvalue weighted by molar-refractivity contribution is 6.30. The second-order valence-electron chi connectivity index (χ2n) is 5.81. The van der Waals surface area contributed by atoms with E-state index in [1.807, 2.05) is 69.3 Å². The Morgan fingerprint density at radius 2 is 1.87 bits per heavy atom. The van der Waals surface area contributed by atoms with Gasteiger partial charge in [-0.05, 0) is 49.6 Å². The lowest BCUT2D eigenvalue weighted by Gasteiger charge is -2.20. The predicted molar refractivity (Wildman–Crippen MR) is 95.5 cm³/mol. The molecule has 0 aliphatic carbocycles. The minimum absolute atomic E-state index is 0.0119. The summed E-state index contributed by atoms with van der Waals surface area (Å²) in [7, 11) is 0. The van der Waals surface area contributed by atoms with Crippen LogP contribution in [0, 0.1) is 6.92 Å². The van der Waals surface area contributed by atoms with Crippen LogP contribution in [0.3, 0.4) is 0 Å². The molecule has 0 radical (unpaired) electrons. The number of aryl methyl sites for hydroxylation is 1. The van der Waals surface area contributed by atoms with Gasteiger partial charge in [0.2, 0.25) is 5.91 Å². The molecule has 3 nitrogen and oxygen atoms in total. The summed E-state index contributed by atoms with van der Waals surface area (Å²) in [6.07, 6.45) is 0. The van der Waals surface area contributed by atoms with Crippen molar-refractivity contribution in [2.24, 2.45) is 0 Å². The topological polar surface area (TPSA) is 41.1 Å². The molecule has 0 aliphatic rings. The molecule has 2 rings (SSSR count). The molecular weight excluding hydrogens is 308 g/mol. The van der Waals surface area contributed by atoms with Gasteiger partial charge in [0, 0.05) is 17.6 Å². The summed E-state index contributed by atoms with van der Waals surface area (Å²) < 4.78 is 0. The molecule has 23 heavy (non-hydrogen) atoms. The number of rotatable bonds is 6. The molecule has 1 amide bonds. The minimum atomic E-state index is -0.284. The summed E-state index contributed by atoms with van der Waals surface area (Å²) >= 11 is 6.01. The number of halogens is 1. The van der Waals surface area contributed by atoms with Crippen molar-refractivity contribution in [3.63, 3.8) is 0 Å². The normalized spacial score (nSPS) is 13.4. The van der Waals surface area contributed by atoms with E-state index in [0.717, 1.165) is 11.1 Å². The van der Waals surface area contributed by atoms with Crippen LogP contribution in [0.25, 0.3) is 0 Å². The summed E-state index contributed by atoms with van der Waals surface area (Å²) in [5, 5.41) is 6.99. The standard InChI is InChI=1S/C19H23ClN2O/c1-13-7-4-5-8-17(13)12-21-19(23)15(3)22-14(2)16-9-6-10-18(20)11-16/h4-11,14-15,22H,12H2,1-3H3,(H,21,23). The van der Waals surface area contributed by atoms with E-state index in [1.165, 1.54) is 5.56 Å². The lowest BCUT2D eigenvalue weighted by Crippen LogP contribution is -2.42. The highest BCUT2D eigenvalue weighted by Crippen LogP contribution is 2.17. The van der Waals surface area contributed by atoms with Crippen LogP contribution in [0.2, 0.25) is 5.02 Å². The largest absolute Gasteiger partial charge is 0.351 e. The van der Waals surface area contributed by atoms with E-state index in [4.69, 9.17) is 11.6 Å². The first-order chi connectivity index (χ1) is 11.0. The molecule has 2 aromatic carbocycles. The number of amides is 1. The summed E-state index contributed by atoms with van der Waals surface area (Å²) in [6, 6.07) is 15.5. The van der Waals surface area contributed by atoms with Crippen LogP contribution in [0.1, 0.15) is 36.6 Å². The van der Waals surface area contributed by atoms with E-state index in [-0.39, 0.29) is 18.0 Å². The zero-order valence-electron chi connectivity index (χ0n) is 13.8. The first kappa shape index (κ1) is 17.5. The van der Waals surface area contributed by atoms with Gasteiger partial charge in [-0.2, -0.15) is 0 Å². The van der Waals surface area contributed by atoms with Crippen LogP contribution in [-0.2, 0) is 11.3 Å². The number of carbonyl (C=O) groups is 1. The Hall–Kier alpha value is -1.84. The molecule has 122 valence electrons. The zero-order chi connectivity index (χ0) is 16.8. The van der Waals surface area contributed by atoms with Gasteiger partial charge >= 0.3 is 0 Å². The van der Waals surface area contributed by atoms with Gasteiger partial charge in [0.1, 0.15) is 0 Å². The van der Waals surface area contributed by atoms with E-state index in [0.29, 0.717) is 11.6 Å². The molecule has 0 fully saturated rings. The third kappa shape index (κ3) is 5.08. The van der Waals surface area contributed by atoms with Gasteiger partial charge in [-0.3, -0.25) is 10.1 Å². The van der Waals surface area contributed by atoms with Crippen molar-refractivity contribution in [3.8, 4) is 0 Å². The number of hydrogen-bond acceptors (Lipinski definition) is 2. The maximum absolute atomic E-state index is 12.3. The molecule has 0 spiro atoms. The average molecular weight is 331 g/mol. The molecule has 0 aliphatic heterocycles. The van der Waals surface area contributed by atoms with Gasteiger partial charge in [0.15, 0.2) is 0 Å². The molecular formula is C19H23ClN2O. The molecule has 2 unspecified atom stereocenters. The van der Waals surface area contributed by atoms with Gasteiger partial charge in [0.25, 0.3) is 0 Å². The Kier molecular flexibility index (Phi) is 6.20. The van der Waals surface area contributed by atoms with E-state index in [1.54, 1.807) is 0 Å². The van der Waals surface area contributed by atoms with Crippen LogP contribution in [0.4, 0.5) is 0 Å². The number of nitrogens with one attached hydrogen (secondary N) is 2. The highest BCUT2D eigenvalue weighted by Gasteiger charge is 2.16. The van der Waals surface area contributed by atoms with Crippen molar-refractivity contribution < 1.29 is 4.79 Å². The van der Waals surface area contributed by atoms with Crippen LogP contribution in [-0.4, -0.2) is 11.9 Å². The molecule has 0 saturated carbocycles. The third-order valence-electron chi connectivity index (χ3n) is 3.96. The van der Waals surface area contributed by atoms with Crippen LogP contribution in [0.15, 0.2) is 48.5 Å². The molecule has 2 aromatic rings. The lowest BCUT2D eigenvalue weighted by molar-refractivity contribution is -0.123. The Labute approximate surface area is 143 Å². The summed E-state index contributed by atoms with van der Waals surface area (Å²) in [5.74, 6) is -0.0119. The van der Waals surface area contributed by atoms with Gasteiger partial charge in [-0.15, -0.1) is 0 Å². The maximum Gasteiger partial charge on any atom is 0.237 e. The minimum Gasteiger partial charge on any atom is -0.351 e. The predicted octanol–water partition coefficient (Wildman–Crippen LogP) is 4.00. The fourth-order valence-electron chi connectivity index (χ4n) is 2.47. The van der Waals surface area contributed by atoms with Crippen molar-refractivity contribution in [2.75, 3.05) is 0 Å². The number of carbonyl (C=O) groups excluding carboxylic acids is 1. The van der Waals surface area contributed by atoms with E-state index in [9.17, 15) is 4.79 Å². The second kappa shape index (κ2) is 8.14. The SMILES string of the molecule is Cc1ccccc1CNC(=O)C(C)NC(C)c1cccc(Cl)c1. The van der Waals surface area contributed by atoms with Gasteiger partial charge < -0.3 is 5.32 Å². The lowest BCUT2D eigenvalue weighted by atomic mass is 10.1. The smallest absolute Gasteiger partial charge is 0.237 e. The molecule has 0 heterocycles. The molecule has 2 N–H and O–H groups in total. The van der Waals surface area contributed by atoms with Crippen LogP contribution in [0.5, 0.6) is 0 Å². The van der Waals surface area contributed by atoms with Crippen molar-refractivity contribution in [1.29, 1.82) is 0 Å². The monoisotopic (exact) mass is 330 g/mol. The molecule has 0 bridgehead atoms. The Morgan fingerprint density at radius 1 is 1.13 bits per heavy atom. The second-order valence-corrected chi connectivity index (χ2v) is 6.25. The Balaban J connectivity index is 1.88. The van der Waals surface area contributed by atoms with Crippen molar-refractivity contribution >= 4 is 17.5 Å². The van der Waals surface area contributed by atoms with Gasteiger partial charge in [-0.25, -0.2) is 0 Å². The first-order valence-electron chi connectivity index (χ1n) is 7.81. The van der Waals surface area contributed by atoms with Crippen LogP contribution >= 0.6 is 11.6 Å². The van der Waals surface area contributed by atoms with E-state index < -0.39 is 0 Å². The summed E-state index contributed by atoms with van der Waals surface area (Å²) in [4.78, 5) is 12.3. The fourth-order valence-corrected chi connectivity index (χ4v) is 2.67. The average Bonchev–Trinajstić information content (AvgIpc) is 2.53. The van der Waals surface area contributed by atoms with E-state index in [2.05, 4.69) is 10.6 Å². The third-order valence-corrected chi connectivity index (χ3v) is 4.19.